The molecule has 1 heterocycles. The van der Waals surface area contributed by atoms with Gasteiger partial charge in [0, 0.05) is 12.7 Å². The summed E-state index contributed by atoms with van der Waals surface area (Å²) in [5.74, 6) is -0.394. The minimum atomic E-state index is -0.394. The van der Waals surface area contributed by atoms with Crippen molar-refractivity contribution >= 4 is 11.6 Å². The summed E-state index contributed by atoms with van der Waals surface area (Å²) in [6, 6.07) is 6.78. The molecule has 0 radical (unpaired) electrons. The molecule has 5 heteroatoms. The van der Waals surface area contributed by atoms with Crippen LogP contribution >= 0.6 is 11.6 Å². The molecule has 0 aliphatic rings. The van der Waals surface area contributed by atoms with E-state index >= 15 is 0 Å². The summed E-state index contributed by atoms with van der Waals surface area (Å²) in [5.41, 5.74) is 1.92. The van der Waals surface area contributed by atoms with Gasteiger partial charge in [-0.05, 0) is 30.3 Å². The van der Waals surface area contributed by atoms with Crippen molar-refractivity contribution in [3.05, 3.63) is 52.6 Å². The second kappa shape index (κ2) is 5.98. The van der Waals surface area contributed by atoms with Gasteiger partial charge in [0.25, 0.3) is 0 Å². The Morgan fingerprint density at radius 3 is 2.94 bits per heavy atom. The fraction of sp³-hybridized carbons (Fsp3) is 0.308. The predicted molar refractivity (Wildman–Crippen MR) is 70.1 cm³/mol. The van der Waals surface area contributed by atoms with Gasteiger partial charge in [-0.15, -0.1) is 0 Å². The summed E-state index contributed by atoms with van der Waals surface area (Å²) in [4.78, 5) is 0. The number of aromatic nitrogens is 2. The van der Waals surface area contributed by atoms with E-state index in [1.807, 2.05) is 16.8 Å². The molecule has 96 valence electrons. The molecular formula is C13H15ClFN3. The van der Waals surface area contributed by atoms with Crippen LogP contribution in [0.4, 0.5) is 4.39 Å². The van der Waals surface area contributed by atoms with Crippen molar-refractivity contribution in [3.8, 4) is 0 Å². The molecule has 2 rings (SSSR count). The summed E-state index contributed by atoms with van der Waals surface area (Å²) in [6.07, 6.45) is 1.75. The van der Waals surface area contributed by atoms with Gasteiger partial charge < -0.3 is 5.32 Å². The average molecular weight is 268 g/mol. The molecule has 18 heavy (non-hydrogen) atoms. The zero-order valence-corrected chi connectivity index (χ0v) is 10.9. The maximum absolute atomic E-state index is 13.3. The van der Waals surface area contributed by atoms with Crippen molar-refractivity contribution < 1.29 is 4.39 Å². The van der Waals surface area contributed by atoms with E-state index in [-0.39, 0.29) is 5.02 Å². The van der Waals surface area contributed by atoms with E-state index in [4.69, 9.17) is 11.6 Å². The Bertz CT molecular complexity index is 525. The van der Waals surface area contributed by atoms with Gasteiger partial charge in [-0.3, -0.25) is 4.68 Å². The first-order valence-electron chi connectivity index (χ1n) is 5.86. The van der Waals surface area contributed by atoms with Gasteiger partial charge in [0.05, 0.1) is 17.3 Å². The van der Waals surface area contributed by atoms with E-state index in [1.165, 1.54) is 6.07 Å². The number of hydrogen-bond donors (Lipinski definition) is 1. The normalized spacial score (nSPS) is 10.8. The van der Waals surface area contributed by atoms with Crippen molar-refractivity contribution in [3.63, 3.8) is 0 Å². The Kier molecular flexibility index (Phi) is 4.33. The molecule has 0 spiro atoms. The van der Waals surface area contributed by atoms with Crippen LogP contribution < -0.4 is 5.32 Å². The van der Waals surface area contributed by atoms with E-state index in [2.05, 4.69) is 17.3 Å². The van der Waals surface area contributed by atoms with Gasteiger partial charge in [0.2, 0.25) is 0 Å². The summed E-state index contributed by atoms with van der Waals surface area (Å²) in [7, 11) is 0. The monoisotopic (exact) mass is 267 g/mol. The summed E-state index contributed by atoms with van der Waals surface area (Å²) < 4.78 is 15.2. The molecular weight excluding hydrogens is 253 g/mol. The summed E-state index contributed by atoms with van der Waals surface area (Å²) >= 11 is 5.65. The Morgan fingerprint density at radius 1 is 1.39 bits per heavy atom. The topological polar surface area (TPSA) is 29.9 Å². The smallest absolute Gasteiger partial charge is 0.142 e. The zero-order valence-electron chi connectivity index (χ0n) is 10.2. The van der Waals surface area contributed by atoms with E-state index < -0.39 is 5.82 Å². The van der Waals surface area contributed by atoms with Crippen LogP contribution in [0.25, 0.3) is 0 Å². The highest BCUT2D eigenvalue weighted by atomic mass is 35.5. The highest BCUT2D eigenvalue weighted by Gasteiger charge is 2.05. The lowest BCUT2D eigenvalue weighted by Gasteiger charge is -2.08. The second-order valence-electron chi connectivity index (χ2n) is 4.01. The first-order valence-corrected chi connectivity index (χ1v) is 6.24. The fourth-order valence-corrected chi connectivity index (χ4v) is 1.83. The Balaban J connectivity index is 2.13. The van der Waals surface area contributed by atoms with Crippen LogP contribution in [0, 0.1) is 5.82 Å². The molecule has 0 saturated carbocycles. The molecule has 1 N–H and O–H groups in total. The van der Waals surface area contributed by atoms with Gasteiger partial charge >= 0.3 is 0 Å². The second-order valence-corrected chi connectivity index (χ2v) is 4.42. The van der Waals surface area contributed by atoms with Crippen LogP contribution in [-0.2, 0) is 13.1 Å². The summed E-state index contributed by atoms with van der Waals surface area (Å²) in [5, 5.41) is 7.62. The number of hydrogen-bond acceptors (Lipinski definition) is 2. The van der Waals surface area contributed by atoms with Gasteiger partial charge in [0.1, 0.15) is 5.82 Å². The molecule has 0 atom stereocenters. The minimum Gasteiger partial charge on any atom is -0.311 e. The molecule has 0 saturated heterocycles. The highest BCUT2D eigenvalue weighted by molar-refractivity contribution is 6.30. The Morgan fingerprint density at radius 2 is 2.22 bits per heavy atom. The molecule has 1 aromatic carbocycles. The first kappa shape index (κ1) is 13.1. The van der Waals surface area contributed by atoms with Crippen molar-refractivity contribution in [2.45, 2.75) is 20.0 Å². The van der Waals surface area contributed by atoms with Gasteiger partial charge in [-0.2, -0.15) is 5.10 Å². The number of benzene rings is 1. The van der Waals surface area contributed by atoms with Crippen LogP contribution in [0.5, 0.6) is 0 Å². The van der Waals surface area contributed by atoms with Gasteiger partial charge in [-0.25, -0.2) is 4.39 Å². The average Bonchev–Trinajstić information content (AvgIpc) is 2.79. The van der Waals surface area contributed by atoms with E-state index in [0.29, 0.717) is 6.54 Å². The summed E-state index contributed by atoms with van der Waals surface area (Å²) in [6.45, 7) is 4.25. The molecule has 2 aromatic rings. The van der Waals surface area contributed by atoms with Gasteiger partial charge in [-0.1, -0.05) is 24.6 Å². The molecule has 3 nitrogen and oxygen atoms in total. The number of rotatable bonds is 5. The van der Waals surface area contributed by atoms with Crippen LogP contribution in [0.3, 0.4) is 0 Å². The lowest BCUT2D eigenvalue weighted by Crippen LogP contribution is -2.16. The van der Waals surface area contributed by atoms with E-state index in [1.54, 1.807) is 12.3 Å². The van der Waals surface area contributed by atoms with Crippen LogP contribution in [0.2, 0.25) is 5.02 Å². The molecule has 0 unspecified atom stereocenters. The molecule has 1 aromatic heterocycles. The molecule has 0 fully saturated rings. The lowest BCUT2D eigenvalue weighted by atomic mass is 10.2. The highest BCUT2D eigenvalue weighted by Crippen LogP contribution is 2.16. The van der Waals surface area contributed by atoms with E-state index in [0.717, 1.165) is 24.3 Å². The first-order chi connectivity index (χ1) is 8.70. The Labute approximate surface area is 111 Å². The van der Waals surface area contributed by atoms with Crippen LogP contribution in [0.15, 0.2) is 30.5 Å². The number of halogens is 2. The maximum Gasteiger partial charge on any atom is 0.142 e. The van der Waals surface area contributed by atoms with Gasteiger partial charge in [0.15, 0.2) is 0 Å². The quantitative estimate of drug-likeness (QED) is 0.903. The molecule has 0 aliphatic heterocycles. The number of nitrogens with one attached hydrogen (secondary N) is 1. The minimum absolute atomic E-state index is 0.145. The van der Waals surface area contributed by atoms with Crippen molar-refractivity contribution in [1.29, 1.82) is 0 Å². The third-order valence-corrected chi connectivity index (χ3v) is 2.98. The van der Waals surface area contributed by atoms with Crippen LogP contribution in [-0.4, -0.2) is 16.3 Å². The third kappa shape index (κ3) is 3.09. The Hall–Kier alpha value is -1.39. The predicted octanol–water partition coefficient (Wildman–Crippen LogP) is 2.83. The third-order valence-electron chi connectivity index (χ3n) is 2.68. The van der Waals surface area contributed by atoms with Crippen molar-refractivity contribution in [2.75, 3.05) is 6.54 Å². The fourth-order valence-electron chi connectivity index (χ4n) is 1.72. The largest absolute Gasteiger partial charge is 0.311 e. The zero-order chi connectivity index (χ0) is 13.0. The standard InChI is InChI=1S/C13H15ClFN3/c1-2-16-8-11-5-6-17-18(11)9-10-3-4-12(14)13(15)7-10/h3-7,16H,2,8-9H2,1H3. The molecule has 0 aliphatic carbocycles. The number of nitrogens with zero attached hydrogens (tertiary/aromatic N) is 2. The van der Waals surface area contributed by atoms with Crippen molar-refractivity contribution in [1.82, 2.24) is 15.1 Å². The SMILES string of the molecule is CCNCc1ccnn1Cc1ccc(Cl)c(F)c1. The maximum atomic E-state index is 13.3. The lowest BCUT2D eigenvalue weighted by molar-refractivity contribution is 0.596. The molecule has 0 bridgehead atoms. The molecule has 0 amide bonds. The van der Waals surface area contributed by atoms with Crippen LogP contribution in [0.1, 0.15) is 18.2 Å². The van der Waals surface area contributed by atoms with Crippen molar-refractivity contribution in [2.24, 2.45) is 0 Å². The van der Waals surface area contributed by atoms with E-state index in [9.17, 15) is 4.39 Å².